The molecule has 0 heterocycles. The molecule has 4 N–H and O–H groups in total. The highest BCUT2D eigenvalue weighted by Crippen LogP contribution is 2.29. The molecule has 0 aromatic rings. The molecule has 0 aromatic carbocycles. The quantitative estimate of drug-likeness (QED) is 0.632. The van der Waals surface area contributed by atoms with Gasteiger partial charge in [0.05, 0.1) is 5.92 Å². The molecule has 0 aromatic heterocycles. The molecule has 0 aliphatic heterocycles. The van der Waals surface area contributed by atoms with E-state index < -0.39 is 5.97 Å². The fourth-order valence-corrected chi connectivity index (χ4v) is 2.24. The van der Waals surface area contributed by atoms with E-state index in [9.17, 15) is 9.59 Å². The maximum absolute atomic E-state index is 11.2. The van der Waals surface area contributed by atoms with Crippen LogP contribution in [-0.2, 0) is 9.59 Å². The SMILES string of the molecule is NCCC(=O)NCC1CCCCC1C(=O)O. The van der Waals surface area contributed by atoms with Crippen molar-refractivity contribution in [3.05, 3.63) is 0 Å². The molecule has 0 spiro atoms. The summed E-state index contributed by atoms with van der Waals surface area (Å²) in [6.45, 7) is 0.800. The zero-order valence-electron chi connectivity index (χ0n) is 9.45. The summed E-state index contributed by atoms with van der Waals surface area (Å²) in [7, 11) is 0. The van der Waals surface area contributed by atoms with Crippen LogP contribution < -0.4 is 11.1 Å². The number of carbonyl (C=O) groups excluding carboxylic acids is 1. The summed E-state index contributed by atoms with van der Waals surface area (Å²) in [6, 6.07) is 0. The molecule has 1 amide bonds. The Morgan fingerprint density at radius 2 is 2.00 bits per heavy atom. The molecule has 5 heteroatoms. The Balaban J connectivity index is 2.38. The van der Waals surface area contributed by atoms with E-state index in [-0.39, 0.29) is 17.7 Å². The first-order chi connectivity index (χ1) is 7.65. The fraction of sp³-hybridized carbons (Fsp3) is 0.818. The Morgan fingerprint density at radius 3 is 2.62 bits per heavy atom. The van der Waals surface area contributed by atoms with Crippen molar-refractivity contribution < 1.29 is 14.7 Å². The van der Waals surface area contributed by atoms with Crippen LogP contribution in [0.2, 0.25) is 0 Å². The number of nitrogens with two attached hydrogens (primary N) is 1. The van der Waals surface area contributed by atoms with Crippen molar-refractivity contribution in [1.29, 1.82) is 0 Å². The van der Waals surface area contributed by atoms with E-state index in [1.807, 2.05) is 0 Å². The standard InChI is InChI=1S/C11H20N2O3/c12-6-5-10(14)13-7-8-3-1-2-4-9(8)11(15)16/h8-9H,1-7,12H2,(H,13,14)(H,15,16). The minimum atomic E-state index is -0.738. The van der Waals surface area contributed by atoms with Crippen LogP contribution in [0.5, 0.6) is 0 Å². The van der Waals surface area contributed by atoms with Crippen LogP contribution in [0.15, 0.2) is 0 Å². The number of nitrogens with one attached hydrogen (secondary N) is 1. The van der Waals surface area contributed by atoms with Gasteiger partial charge >= 0.3 is 5.97 Å². The lowest BCUT2D eigenvalue weighted by Gasteiger charge is -2.28. The lowest BCUT2D eigenvalue weighted by atomic mass is 9.79. The Labute approximate surface area is 95.4 Å². The highest BCUT2D eigenvalue weighted by atomic mass is 16.4. The topological polar surface area (TPSA) is 92.4 Å². The molecule has 0 bridgehead atoms. The van der Waals surface area contributed by atoms with E-state index in [2.05, 4.69) is 5.32 Å². The summed E-state index contributed by atoms with van der Waals surface area (Å²) in [6.07, 6.45) is 3.96. The van der Waals surface area contributed by atoms with Crippen molar-refractivity contribution in [3.8, 4) is 0 Å². The highest BCUT2D eigenvalue weighted by Gasteiger charge is 2.30. The van der Waals surface area contributed by atoms with E-state index >= 15 is 0 Å². The molecule has 2 unspecified atom stereocenters. The van der Waals surface area contributed by atoms with E-state index in [4.69, 9.17) is 10.8 Å². The van der Waals surface area contributed by atoms with Gasteiger partial charge < -0.3 is 16.2 Å². The Morgan fingerprint density at radius 1 is 1.31 bits per heavy atom. The van der Waals surface area contributed by atoms with Crippen LogP contribution in [0.25, 0.3) is 0 Å². The first-order valence-electron chi connectivity index (χ1n) is 5.84. The molecule has 2 atom stereocenters. The van der Waals surface area contributed by atoms with Gasteiger partial charge in [0.1, 0.15) is 0 Å². The van der Waals surface area contributed by atoms with Crippen molar-refractivity contribution in [2.75, 3.05) is 13.1 Å². The normalized spacial score (nSPS) is 25.1. The predicted octanol–water partition coefficient (Wildman–Crippen LogP) is 0.342. The van der Waals surface area contributed by atoms with Crippen molar-refractivity contribution in [2.24, 2.45) is 17.6 Å². The van der Waals surface area contributed by atoms with Gasteiger partial charge in [-0.25, -0.2) is 0 Å². The average molecular weight is 228 g/mol. The van der Waals surface area contributed by atoms with E-state index in [0.29, 0.717) is 19.5 Å². The molecule has 1 fully saturated rings. The number of aliphatic carboxylic acids is 1. The third kappa shape index (κ3) is 3.81. The number of hydrogen-bond acceptors (Lipinski definition) is 3. The number of rotatable bonds is 5. The van der Waals surface area contributed by atoms with E-state index in [1.165, 1.54) is 0 Å². The number of carbonyl (C=O) groups is 2. The van der Waals surface area contributed by atoms with Gasteiger partial charge in [-0.2, -0.15) is 0 Å². The largest absolute Gasteiger partial charge is 0.481 e. The van der Waals surface area contributed by atoms with Crippen molar-refractivity contribution in [3.63, 3.8) is 0 Å². The van der Waals surface area contributed by atoms with Crippen LogP contribution in [0.4, 0.5) is 0 Å². The van der Waals surface area contributed by atoms with E-state index in [1.54, 1.807) is 0 Å². The minimum absolute atomic E-state index is 0.0768. The third-order valence-corrected chi connectivity index (χ3v) is 3.16. The molecule has 92 valence electrons. The number of amides is 1. The monoisotopic (exact) mass is 228 g/mol. The van der Waals surface area contributed by atoms with Gasteiger partial charge in [0, 0.05) is 19.5 Å². The maximum Gasteiger partial charge on any atom is 0.306 e. The fourth-order valence-electron chi connectivity index (χ4n) is 2.24. The van der Waals surface area contributed by atoms with Crippen molar-refractivity contribution >= 4 is 11.9 Å². The summed E-state index contributed by atoms with van der Waals surface area (Å²) < 4.78 is 0. The van der Waals surface area contributed by atoms with Crippen LogP contribution in [0, 0.1) is 11.8 Å². The van der Waals surface area contributed by atoms with Crippen molar-refractivity contribution in [2.45, 2.75) is 32.1 Å². The molecule has 0 radical (unpaired) electrons. The molecule has 5 nitrogen and oxygen atoms in total. The molecule has 0 saturated heterocycles. The summed E-state index contributed by atoms with van der Waals surface area (Å²) in [4.78, 5) is 22.2. The average Bonchev–Trinajstić information content (AvgIpc) is 2.27. The molecule has 16 heavy (non-hydrogen) atoms. The number of carboxylic acids is 1. The lowest BCUT2D eigenvalue weighted by molar-refractivity contribution is -0.145. The van der Waals surface area contributed by atoms with Gasteiger partial charge in [-0.3, -0.25) is 9.59 Å². The van der Waals surface area contributed by atoms with Gasteiger partial charge in [-0.15, -0.1) is 0 Å². The van der Waals surface area contributed by atoms with Gasteiger partial charge in [-0.05, 0) is 18.8 Å². The van der Waals surface area contributed by atoms with Crippen LogP contribution in [0.1, 0.15) is 32.1 Å². The van der Waals surface area contributed by atoms with Crippen molar-refractivity contribution in [1.82, 2.24) is 5.32 Å². The smallest absolute Gasteiger partial charge is 0.306 e. The molecular weight excluding hydrogens is 208 g/mol. The van der Waals surface area contributed by atoms with Gasteiger partial charge in [0.25, 0.3) is 0 Å². The predicted molar refractivity (Wildman–Crippen MR) is 59.8 cm³/mol. The molecule has 1 saturated carbocycles. The Kier molecular flexibility index (Phi) is 5.25. The summed E-state index contributed by atoms with van der Waals surface area (Å²) in [5.41, 5.74) is 5.26. The van der Waals surface area contributed by atoms with Gasteiger partial charge in [0.15, 0.2) is 0 Å². The number of hydrogen-bond donors (Lipinski definition) is 3. The van der Waals surface area contributed by atoms with Crippen LogP contribution in [-0.4, -0.2) is 30.1 Å². The van der Waals surface area contributed by atoms with Gasteiger partial charge in [0.2, 0.25) is 5.91 Å². The zero-order chi connectivity index (χ0) is 12.0. The zero-order valence-corrected chi connectivity index (χ0v) is 9.45. The second-order valence-corrected chi connectivity index (χ2v) is 4.33. The summed E-state index contributed by atoms with van der Waals surface area (Å²) in [5.74, 6) is -1.05. The molecule has 1 rings (SSSR count). The third-order valence-electron chi connectivity index (χ3n) is 3.16. The summed E-state index contributed by atoms with van der Waals surface area (Å²) in [5, 5.41) is 11.8. The van der Waals surface area contributed by atoms with Gasteiger partial charge in [-0.1, -0.05) is 12.8 Å². The van der Waals surface area contributed by atoms with E-state index in [0.717, 1.165) is 25.7 Å². The molecule has 1 aliphatic rings. The molecular formula is C11H20N2O3. The van der Waals surface area contributed by atoms with Crippen LogP contribution >= 0.6 is 0 Å². The maximum atomic E-state index is 11.2. The second kappa shape index (κ2) is 6.48. The molecule has 1 aliphatic carbocycles. The Bertz CT molecular complexity index is 256. The lowest BCUT2D eigenvalue weighted by Crippen LogP contribution is -2.37. The second-order valence-electron chi connectivity index (χ2n) is 4.33. The first kappa shape index (κ1) is 13.0. The minimum Gasteiger partial charge on any atom is -0.481 e. The first-order valence-corrected chi connectivity index (χ1v) is 5.84. The number of carboxylic acid groups (broad SMARTS) is 1. The highest BCUT2D eigenvalue weighted by molar-refractivity contribution is 5.76. The van der Waals surface area contributed by atoms with Crippen LogP contribution in [0.3, 0.4) is 0 Å². The summed E-state index contributed by atoms with van der Waals surface area (Å²) >= 11 is 0. The Hall–Kier alpha value is -1.10.